The van der Waals surface area contributed by atoms with Gasteiger partial charge in [0.1, 0.15) is 0 Å². The standard InChI is InChI=1S/C15H19N3/c16-10-12-1-2-13-5-8-18(11-14(13)9-12)15-3-6-17-7-4-15/h1-2,9,15,17H,3-8,11H2. The van der Waals surface area contributed by atoms with E-state index in [1.54, 1.807) is 0 Å². The lowest BCUT2D eigenvalue weighted by molar-refractivity contribution is 0.147. The fourth-order valence-electron chi connectivity index (χ4n) is 3.13. The highest BCUT2D eigenvalue weighted by molar-refractivity contribution is 5.39. The summed E-state index contributed by atoms with van der Waals surface area (Å²) in [5, 5.41) is 12.4. The summed E-state index contributed by atoms with van der Waals surface area (Å²) in [5.41, 5.74) is 3.58. The number of rotatable bonds is 1. The molecule has 3 heteroatoms. The molecule has 3 nitrogen and oxygen atoms in total. The van der Waals surface area contributed by atoms with Crippen LogP contribution in [0.2, 0.25) is 0 Å². The minimum atomic E-state index is 0.727. The summed E-state index contributed by atoms with van der Waals surface area (Å²) >= 11 is 0. The minimum absolute atomic E-state index is 0.727. The number of fused-ring (bicyclic) bond motifs is 1. The Morgan fingerprint density at radius 3 is 2.83 bits per heavy atom. The van der Waals surface area contributed by atoms with Crippen LogP contribution < -0.4 is 5.32 Å². The highest BCUT2D eigenvalue weighted by Gasteiger charge is 2.24. The molecule has 0 spiro atoms. The van der Waals surface area contributed by atoms with E-state index in [9.17, 15) is 0 Å². The lowest BCUT2D eigenvalue weighted by Crippen LogP contribution is -2.45. The van der Waals surface area contributed by atoms with E-state index in [2.05, 4.69) is 28.4 Å². The van der Waals surface area contributed by atoms with E-state index >= 15 is 0 Å². The monoisotopic (exact) mass is 241 g/mol. The molecule has 2 heterocycles. The van der Waals surface area contributed by atoms with Crippen molar-refractivity contribution in [1.82, 2.24) is 10.2 Å². The molecule has 1 aromatic carbocycles. The molecule has 1 aromatic rings. The first-order valence-electron chi connectivity index (χ1n) is 6.83. The fraction of sp³-hybridized carbons (Fsp3) is 0.533. The molecule has 0 bridgehead atoms. The van der Waals surface area contributed by atoms with E-state index in [0.29, 0.717) is 0 Å². The van der Waals surface area contributed by atoms with Gasteiger partial charge in [-0.1, -0.05) is 6.07 Å². The first kappa shape index (κ1) is 11.7. The van der Waals surface area contributed by atoms with E-state index in [1.807, 2.05) is 6.07 Å². The van der Waals surface area contributed by atoms with Gasteiger partial charge in [-0.15, -0.1) is 0 Å². The van der Waals surface area contributed by atoms with Crippen LogP contribution in [0.25, 0.3) is 0 Å². The molecule has 1 N–H and O–H groups in total. The molecule has 0 atom stereocenters. The van der Waals surface area contributed by atoms with Crippen LogP contribution in [0.5, 0.6) is 0 Å². The molecule has 18 heavy (non-hydrogen) atoms. The van der Waals surface area contributed by atoms with Crippen molar-refractivity contribution in [3.63, 3.8) is 0 Å². The van der Waals surface area contributed by atoms with Gasteiger partial charge in [0, 0.05) is 19.1 Å². The summed E-state index contributed by atoms with van der Waals surface area (Å²) in [6.07, 6.45) is 3.64. The van der Waals surface area contributed by atoms with Crippen LogP contribution in [0.1, 0.15) is 29.5 Å². The van der Waals surface area contributed by atoms with Gasteiger partial charge in [-0.05, 0) is 55.6 Å². The first-order valence-corrected chi connectivity index (χ1v) is 6.83. The van der Waals surface area contributed by atoms with E-state index in [1.165, 1.54) is 30.5 Å². The smallest absolute Gasteiger partial charge is 0.0991 e. The van der Waals surface area contributed by atoms with Crippen molar-refractivity contribution in [3.05, 3.63) is 34.9 Å². The van der Waals surface area contributed by atoms with E-state index in [0.717, 1.165) is 37.7 Å². The van der Waals surface area contributed by atoms with Gasteiger partial charge >= 0.3 is 0 Å². The molecule has 2 aliphatic rings. The maximum absolute atomic E-state index is 8.98. The van der Waals surface area contributed by atoms with Crippen LogP contribution in [-0.2, 0) is 13.0 Å². The summed E-state index contributed by atoms with van der Waals surface area (Å²) in [5.74, 6) is 0. The lowest BCUT2D eigenvalue weighted by atomic mass is 9.94. The summed E-state index contributed by atoms with van der Waals surface area (Å²) in [4.78, 5) is 2.60. The number of hydrogen-bond acceptors (Lipinski definition) is 3. The summed E-state index contributed by atoms with van der Waals surface area (Å²) in [7, 11) is 0. The van der Waals surface area contributed by atoms with Crippen molar-refractivity contribution in [3.8, 4) is 6.07 Å². The number of nitriles is 1. The third kappa shape index (κ3) is 2.27. The number of nitrogens with zero attached hydrogens (tertiary/aromatic N) is 2. The quantitative estimate of drug-likeness (QED) is 0.813. The Balaban J connectivity index is 1.77. The second-order valence-corrected chi connectivity index (χ2v) is 5.30. The Kier molecular flexibility index (Phi) is 3.31. The normalized spacial score (nSPS) is 21.3. The molecule has 0 unspecified atom stereocenters. The van der Waals surface area contributed by atoms with Gasteiger partial charge in [0.15, 0.2) is 0 Å². The van der Waals surface area contributed by atoms with Gasteiger partial charge in [-0.25, -0.2) is 0 Å². The zero-order chi connectivity index (χ0) is 12.4. The highest BCUT2D eigenvalue weighted by Crippen LogP contribution is 2.24. The van der Waals surface area contributed by atoms with Crippen molar-refractivity contribution >= 4 is 0 Å². The Morgan fingerprint density at radius 2 is 2.06 bits per heavy atom. The number of nitrogens with one attached hydrogen (secondary N) is 1. The van der Waals surface area contributed by atoms with Crippen LogP contribution in [0.4, 0.5) is 0 Å². The van der Waals surface area contributed by atoms with Crippen molar-refractivity contribution < 1.29 is 0 Å². The number of piperidine rings is 1. The van der Waals surface area contributed by atoms with Crippen molar-refractivity contribution in [2.75, 3.05) is 19.6 Å². The van der Waals surface area contributed by atoms with Gasteiger partial charge in [-0.2, -0.15) is 5.26 Å². The molecule has 0 aliphatic carbocycles. The van der Waals surface area contributed by atoms with Gasteiger partial charge in [0.25, 0.3) is 0 Å². The molecule has 0 radical (unpaired) electrons. The Labute approximate surface area is 108 Å². The minimum Gasteiger partial charge on any atom is -0.317 e. The molecule has 0 amide bonds. The van der Waals surface area contributed by atoms with E-state index in [4.69, 9.17) is 5.26 Å². The zero-order valence-electron chi connectivity index (χ0n) is 10.7. The predicted molar refractivity (Wildman–Crippen MR) is 71.2 cm³/mol. The van der Waals surface area contributed by atoms with Crippen LogP contribution in [0.15, 0.2) is 18.2 Å². The van der Waals surface area contributed by atoms with Crippen molar-refractivity contribution in [1.29, 1.82) is 5.26 Å². The van der Waals surface area contributed by atoms with Gasteiger partial charge in [0.2, 0.25) is 0 Å². The average molecular weight is 241 g/mol. The van der Waals surface area contributed by atoms with Crippen LogP contribution in [0.3, 0.4) is 0 Å². The maximum atomic E-state index is 8.98. The van der Waals surface area contributed by atoms with Crippen LogP contribution >= 0.6 is 0 Å². The third-order valence-corrected chi connectivity index (χ3v) is 4.20. The molecule has 2 aliphatic heterocycles. The van der Waals surface area contributed by atoms with Crippen LogP contribution in [0, 0.1) is 11.3 Å². The number of hydrogen-bond donors (Lipinski definition) is 1. The van der Waals surface area contributed by atoms with Gasteiger partial charge in [-0.3, -0.25) is 4.90 Å². The molecule has 3 rings (SSSR count). The Bertz CT molecular complexity index is 469. The SMILES string of the molecule is N#Cc1ccc2c(c1)CN(C1CCNCC1)CC2. The van der Waals surface area contributed by atoms with Crippen molar-refractivity contribution in [2.45, 2.75) is 31.8 Å². The van der Waals surface area contributed by atoms with Crippen LogP contribution in [-0.4, -0.2) is 30.6 Å². The van der Waals surface area contributed by atoms with E-state index in [-0.39, 0.29) is 0 Å². The second kappa shape index (κ2) is 5.09. The third-order valence-electron chi connectivity index (χ3n) is 4.20. The molecular weight excluding hydrogens is 222 g/mol. The van der Waals surface area contributed by atoms with E-state index < -0.39 is 0 Å². The second-order valence-electron chi connectivity index (χ2n) is 5.30. The Hall–Kier alpha value is -1.37. The largest absolute Gasteiger partial charge is 0.317 e. The lowest BCUT2D eigenvalue weighted by Gasteiger charge is -2.37. The summed E-state index contributed by atoms with van der Waals surface area (Å²) in [6, 6.07) is 9.12. The summed E-state index contributed by atoms with van der Waals surface area (Å²) in [6.45, 7) is 4.48. The molecule has 1 fully saturated rings. The van der Waals surface area contributed by atoms with Gasteiger partial charge in [0.05, 0.1) is 11.6 Å². The molecule has 1 saturated heterocycles. The molecule has 94 valence electrons. The average Bonchev–Trinajstić information content (AvgIpc) is 2.47. The van der Waals surface area contributed by atoms with Crippen molar-refractivity contribution in [2.24, 2.45) is 0 Å². The molecule has 0 saturated carbocycles. The first-order chi connectivity index (χ1) is 8.86. The molecular formula is C15H19N3. The van der Waals surface area contributed by atoms with Gasteiger partial charge < -0.3 is 5.32 Å². The Morgan fingerprint density at radius 1 is 1.22 bits per heavy atom. The predicted octanol–water partition coefficient (Wildman–Crippen LogP) is 1.67. The number of benzene rings is 1. The topological polar surface area (TPSA) is 39.1 Å². The fourth-order valence-corrected chi connectivity index (χ4v) is 3.13. The molecule has 0 aromatic heterocycles. The summed E-state index contributed by atoms with van der Waals surface area (Å²) < 4.78 is 0. The highest BCUT2D eigenvalue weighted by atomic mass is 15.2. The zero-order valence-corrected chi connectivity index (χ0v) is 10.7. The maximum Gasteiger partial charge on any atom is 0.0991 e.